The van der Waals surface area contributed by atoms with E-state index < -0.39 is 22.0 Å². The molecule has 128 valence electrons. The molecule has 1 atom stereocenters. The topological polar surface area (TPSA) is 119 Å². The van der Waals surface area contributed by atoms with Crippen molar-refractivity contribution >= 4 is 15.9 Å². The third-order valence-electron chi connectivity index (χ3n) is 3.90. The van der Waals surface area contributed by atoms with E-state index in [0.29, 0.717) is 22.9 Å². The van der Waals surface area contributed by atoms with Crippen LogP contribution in [0.1, 0.15) is 31.4 Å². The molecule has 0 radical (unpaired) electrons. The zero-order valence-corrected chi connectivity index (χ0v) is 14.3. The molecule has 0 spiro atoms. The number of hydrogen-bond donors (Lipinski definition) is 3. The van der Waals surface area contributed by atoms with E-state index >= 15 is 0 Å². The molecule has 1 aromatic carbocycles. The molecule has 0 saturated carbocycles. The zero-order valence-electron chi connectivity index (χ0n) is 13.5. The van der Waals surface area contributed by atoms with Crippen LogP contribution >= 0.6 is 0 Å². The number of nitrogens with zero attached hydrogens (tertiary/aromatic N) is 1. The largest absolute Gasteiger partial charge is 0.320 e. The fraction of sp³-hybridized carbons (Fsp3) is 0.533. The molecule has 0 fully saturated rings. The van der Waals surface area contributed by atoms with Crippen LogP contribution in [0.2, 0.25) is 0 Å². The van der Waals surface area contributed by atoms with Gasteiger partial charge in [-0.25, -0.2) is 5.84 Å². The second-order valence-electron chi connectivity index (χ2n) is 6.20. The molecular formula is C15H24N4O3S. The fourth-order valence-corrected chi connectivity index (χ4v) is 4.07. The van der Waals surface area contributed by atoms with Gasteiger partial charge in [0.05, 0.1) is 10.9 Å². The highest BCUT2D eigenvalue weighted by Gasteiger charge is 2.33. The lowest BCUT2D eigenvalue weighted by molar-refractivity contribution is -0.128. The van der Waals surface area contributed by atoms with Gasteiger partial charge in [-0.1, -0.05) is 26.0 Å². The van der Waals surface area contributed by atoms with E-state index in [1.54, 1.807) is 6.07 Å². The van der Waals surface area contributed by atoms with Crippen LogP contribution in [0.5, 0.6) is 0 Å². The quantitative estimate of drug-likeness (QED) is 0.397. The molecule has 5 N–H and O–H groups in total. The lowest BCUT2D eigenvalue weighted by Gasteiger charge is -2.25. The molecule has 8 heteroatoms. The molecule has 0 bridgehead atoms. The normalized spacial score (nSPS) is 16.0. The molecule has 0 unspecified atom stereocenters. The highest BCUT2D eigenvalue weighted by Crippen LogP contribution is 2.25. The maximum atomic E-state index is 12.7. The van der Waals surface area contributed by atoms with E-state index in [1.807, 2.05) is 19.9 Å². The molecule has 0 saturated heterocycles. The fourth-order valence-electron chi connectivity index (χ4n) is 2.72. The van der Waals surface area contributed by atoms with Gasteiger partial charge in [0, 0.05) is 6.54 Å². The van der Waals surface area contributed by atoms with Crippen LogP contribution in [-0.4, -0.2) is 31.3 Å². The summed E-state index contributed by atoms with van der Waals surface area (Å²) in [6.45, 7) is 5.04. The molecule has 1 aromatic rings. The Morgan fingerprint density at radius 1 is 1.39 bits per heavy atom. The summed E-state index contributed by atoms with van der Waals surface area (Å²) >= 11 is 0. The van der Waals surface area contributed by atoms with E-state index in [1.165, 1.54) is 6.07 Å². The van der Waals surface area contributed by atoms with Crippen LogP contribution in [-0.2, 0) is 27.8 Å². The summed E-state index contributed by atoms with van der Waals surface area (Å²) in [5, 5.41) is 3.14. The van der Waals surface area contributed by atoms with Crippen LogP contribution < -0.4 is 16.9 Å². The smallest absolute Gasteiger partial charge is 0.280 e. The third-order valence-corrected chi connectivity index (χ3v) is 5.54. The molecule has 1 heterocycles. The summed E-state index contributed by atoms with van der Waals surface area (Å²) in [5.41, 5.74) is 7.41. The highest BCUT2D eigenvalue weighted by atomic mass is 32.2. The number of hydrogen-bond acceptors (Lipinski definition) is 6. The minimum atomic E-state index is -4.12. The zero-order chi connectivity index (χ0) is 17.2. The van der Waals surface area contributed by atoms with Gasteiger partial charge < -0.3 is 11.1 Å². The van der Waals surface area contributed by atoms with Crippen LogP contribution in [0.25, 0.3) is 0 Å². The van der Waals surface area contributed by atoms with Gasteiger partial charge in [-0.05, 0) is 42.5 Å². The molecule has 0 aromatic heterocycles. The minimum Gasteiger partial charge on any atom is -0.320 e. The van der Waals surface area contributed by atoms with Gasteiger partial charge in [-0.2, -0.15) is 12.8 Å². The summed E-state index contributed by atoms with van der Waals surface area (Å²) in [4.78, 5) is 12.3. The van der Waals surface area contributed by atoms with Crippen LogP contribution in [0.15, 0.2) is 23.1 Å². The van der Waals surface area contributed by atoms with Crippen molar-refractivity contribution in [3.63, 3.8) is 0 Å². The van der Waals surface area contributed by atoms with Gasteiger partial charge in [0.1, 0.15) is 0 Å². The first-order valence-corrected chi connectivity index (χ1v) is 9.10. The summed E-state index contributed by atoms with van der Waals surface area (Å²) in [6.07, 6.45) is 1.11. The standard InChI is InChI=1S/C15H24N4O3S/c1-10(2)8-13(16)15(20)19(17)23(21,22)14-5-3-4-11-6-7-18-9-12(11)14/h3-5,10,13,18H,6-9,16-17H2,1-2H3/t13-/m0/s1. The predicted molar refractivity (Wildman–Crippen MR) is 87.5 cm³/mol. The van der Waals surface area contributed by atoms with Crippen molar-refractivity contribution < 1.29 is 13.2 Å². The van der Waals surface area contributed by atoms with E-state index in [4.69, 9.17) is 11.6 Å². The van der Waals surface area contributed by atoms with Gasteiger partial charge >= 0.3 is 0 Å². The lowest BCUT2D eigenvalue weighted by Crippen LogP contribution is -2.51. The number of hydrazine groups is 1. The second kappa shape index (κ2) is 6.96. The number of nitrogens with two attached hydrogens (primary N) is 2. The average molecular weight is 340 g/mol. The van der Waals surface area contributed by atoms with Crippen molar-refractivity contribution in [2.45, 2.75) is 44.2 Å². The Morgan fingerprint density at radius 3 is 2.74 bits per heavy atom. The molecule has 7 nitrogen and oxygen atoms in total. The van der Waals surface area contributed by atoms with Crippen molar-refractivity contribution in [2.75, 3.05) is 6.54 Å². The van der Waals surface area contributed by atoms with Gasteiger partial charge in [-0.15, -0.1) is 0 Å². The summed E-state index contributed by atoms with van der Waals surface area (Å²) in [7, 11) is -4.12. The highest BCUT2D eigenvalue weighted by molar-refractivity contribution is 7.89. The van der Waals surface area contributed by atoms with E-state index in [0.717, 1.165) is 18.5 Å². The Labute approximate surface area is 137 Å². The maximum Gasteiger partial charge on any atom is 0.280 e. The Bertz CT molecular complexity index is 688. The SMILES string of the molecule is CC(C)C[C@H](N)C(=O)N(N)S(=O)(=O)c1cccc2c1CNCC2. The number of carbonyl (C=O) groups is 1. The first-order valence-electron chi connectivity index (χ1n) is 7.66. The summed E-state index contributed by atoms with van der Waals surface area (Å²) in [6, 6.07) is 4.10. The maximum absolute atomic E-state index is 12.7. The first-order chi connectivity index (χ1) is 10.7. The molecule has 0 aliphatic carbocycles. The number of amides is 1. The van der Waals surface area contributed by atoms with Crippen LogP contribution in [0.3, 0.4) is 0 Å². The lowest BCUT2D eigenvalue weighted by atomic mass is 10.0. The Hall–Kier alpha value is -1.48. The number of fused-ring (bicyclic) bond motifs is 1. The number of benzene rings is 1. The molecule has 23 heavy (non-hydrogen) atoms. The molecule has 1 aliphatic rings. The van der Waals surface area contributed by atoms with Gasteiger partial charge in [0.2, 0.25) is 0 Å². The van der Waals surface area contributed by atoms with Crippen molar-refractivity contribution in [1.29, 1.82) is 0 Å². The number of carbonyl (C=O) groups excluding carboxylic acids is 1. The Kier molecular flexibility index (Phi) is 5.41. The number of rotatable bonds is 5. The van der Waals surface area contributed by atoms with Crippen molar-refractivity contribution in [1.82, 2.24) is 9.73 Å². The summed E-state index contributed by atoms with van der Waals surface area (Å²) in [5.74, 6) is 5.01. The average Bonchev–Trinajstić information content (AvgIpc) is 2.52. The van der Waals surface area contributed by atoms with Gasteiger partial charge in [0.15, 0.2) is 0 Å². The predicted octanol–water partition coefficient (Wildman–Crippen LogP) is 0.0967. The first kappa shape index (κ1) is 17.9. The van der Waals surface area contributed by atoms with Crippen LogP contribution in [0.4, 0.5) is 0 Å². The third kappa shape index (κ3) is 3.72. The minimum absolute atomic E-state index is 0.0646. The van der Waals surface area contributed by atoms with Crippen molar-refractivity contribution in [2.24, 2.45) is 17.5 Å². The Morgan fingerprint density at radius 2 is 2.09 bits per heavy atom. The second-order valence-corrected chi connectivity index (χ2v) is 7.98. The molecule has 1 amide bonds. The number of sulfonamides is 1. The van der Waals surface area contributed by atoms with E-state index in [-0.39, 0.29) is 10.8 Å². The van der Waals surface area contributed by atoms with Gasteiger partial charge in [-0.3, -0.25) is 4.79 Å². The summed E-state index contributed by atoms with van der Waals surface area (Å²) < 4.78 is 25.8. The van der Waals surface area contributed by atoms with Crippen molar-refractivity contribution in [3.8, 4) is 0 Å². The van der Waals surface area contributed by atoms with E-state index in [2.05, 4.69) is 5.32 Å². The number of nitrogens with one attached hydrogen (secondary N) is 1. The molecule has 1 aliphatic heterocycles. The van der Waals surface area contributed by atoms with Crippen molar-refractivity contribution in [3.05, 3.63) is 29.3 Å². The van der Waals surface area contributed by atoms with Gasteiger partial charge in [0.25, 0.3) is 15.9 Å². The van der Waals surface area contributed by atoms with Crippen LogP contribution in [0, 0.1) is 5.92 Å². The molecule has 2 rings (SSSR count). The monoisotopic (exact) mass is 340 g/mol. The molecular weight excluding hydrogens is 316 g/mol. The Balaban J connectivity index is 2.33. The van der Waals surface area contributed by atoms with E-state index in [9.17, 15) is 13.2 Å².